The van der Waals surface area contributed by atoms with Gasteiger partial charge < -0.3 is 14.2 Å². The van der Waals surface area contributed by atoms with E-state index in [1.165, 1.54) is 12.1 Å². The first-order valence-corrected chi connectivity index (χ1v) is 9.31. The second-order valence-electron chi connectivity index (χ2n) is 6.49. The summed E-state index contributed by atoms with van der Waals surface area (Å²) in [5, 5.41) is 0. The van der Waals surface area contributed by atoms with Crippen molar-refractivity contribution in [1.29, 1.82) is 0 Å². The van der Waals surface area contributed by atoms with Gasteiger partial charge in [0.1, 0.15) is 29.7 Å². The molecule has 0 saturated carbocycles. The minimum absolute atomic E-state index is 0.192. The van der Waals surface area contributed by atoms with Crippen LogP contribution in [0.3, 0.4) is 0 Å². The molecule has 0 aliphatic carbocycles. The molecule has 0 fully saturated rings. The number of rotatable bonds is 6. The van der Waals surface area contributed by atoms with Crippen molar-refractivity contribution in [1.82, 2.24) is 0 Å². The third-order valence-corrected chi connectivity index (χ3v) is 4.44. The molecule has 0 unspecified atom stereocenters. The van der Waals surface area contributed by atoms with Gasteiger partial charge in [0.2, 0.25) is 5.78 Å². The molecule has 0 radical (unpaired) electrons. The van der Waals surface area contributed by atoms with Gasteiger partial charge in [0, 0.05) is 11.6 Å². The maximum atomic E-state index is 13.3. The first-order valence-electron chi connectivity index (χ1n) is 9.31. The number of hydrogen-bond donors (Lipinski definition) is 0. The predicted molar refractivity (Wildman–Crippen MR) is 108 cm³/mol. The molecule has 4 nitrogen and oxygen atoms in total. The summed E-state index contributed by atoms with van der Waals surface area (Å²) in [5.74, 6) is 1.39. The SMILES string of the molecule is CCOc1ccccc1/C=C1\Oc2cc(OCc3cccc(F)c3)ccc2C1=O. The Bertz CT molecular complexity index is 1090. The Morgan fingerprint density at radius 2 is 1.86 bits per heavy atom. The highest BCUT2D eigenvalue weighted by Gasteiger charge is 2.28. The average Bonchev–Trinajstić information content (AvgIpc) is 3.03. The standard InChI is InChI=1S/C24H19FO4/c1-2-27-21-9-4-3-7-17(21)13-23-24(26)20-11-10-19(14-22(20)29-23)28-15-16-6-5-8-18(25)12-16/h3-14H,2,15H2,1H3/b23-13-. The van der Waals surface area contributed by atoms with Crippen LogP contribution in [0.15, 0.2) is 72.5 Å². The molecule has 0 bridgehead atoms. The summed E-state index contributed by atoms with van der Waals surface area (Å²) in [7, 11) is 0. The van der Waals surface area contributed by atoms with Crippen LogP contribution < -0.4 is 14.2 Å². The second-order valence-corrected chi connectivity index (χ2v) is 6.49. The number of halogens is 1. The summed E-state index contributed by atoms with van der Waals surface area (Å²) < 4.78 is 30.4. The van der Waals surface area contributed by atoms with Crippen molar-refractivity contribution in [3.8, 4) is 17.2 Å². The predicted octanol–water partition coefficient (Wildman–Crippen LogP) is 5.42. The van der Waals surface area contributed by atoms with Crippen LogP contribution in [0.5, 0.6) is 17.2 Å². The van der Waals surface area contributed by atoms with E-state index in [-0.39, 0.29) is 24.0 Å². The van der Waals surface area contributed by atoms with E-state index in [9.17, 15) is 9.18 Å². The van der Waals surface area contributed by atoms with Gasteiger partial charge >= 0.3 is 0 Å². The molecular formula is C24H19FO4. The van der Waals surface area contributed by atoms with Gasteiger partial charge in [0.25, 0.3) is 0 Å². The van der Waals surface area contributed by atoms with E-state index in [1.54, 1.807) is 36.4 Å². The topological polar surface area (TPSA) is 44.8 Å². The lowest BCUT2D eigenvalue weighted by Crippen LogP contribution is -1.99. The van der Waals surface area contributed by atoms with E-state index in [2.05, 4.69) is 0 Å². The van der Waals surface area contributed by atoms with Crippen molar-refractivity contribution in [2.24, 2.45) is 0 Å². The summed E-state index contributed by atoms with van der Waals surface area (Å²) >= 11 is 0. The van der Waals surface area contributed by atoms with Crippen molar-refractivity contribution in [3.05, 3.63) is 95.0 Å². The van der Waals surface area contributed by atoms with E-state index in [4.69, 9.17) is 14.2 Å². The zero-order valence-electron chi connectivity index (χ0n) is 15.9. The summed E-state index contributed by atoms with van der Waals surface area (Å²) in [6.07, 6.45) is 1.68. The van der Waals surface area contributed by atoms with Gasteiger partial charge in [0.05, 0.1) is 12.2 Å². The fourth-order valence-corrected chi connectivity index (χ4v) is 3.08. The van der Waals surface area contributed by atoms with E-state index in [0.29, 0.717) is 29.4 Å². The number of hydrogen-bond acceptors (Lipinski definition) is 4. The smallest absolute Gasteiger partial charge is 0.231 e. The molecule has 0 atom stereocenters. The summed E-state index contributed by atoms with van der Waals surface area (Å²) in [5.41, 5.74) is 1.96. The Morgan fingerprint density at radius 3 is 2.69 bits per heavy atom. The summed E-state index contributed by atoms with van der Waals surface area (Å²) in [4.78, 5) is 12.7. The number of ether oxygens (including phenoxy) is 3. The average molecular weight is 390 g/mol. The van der Waals surface area contributed by atoms with Crippen molar-refractivity contribution >= 4 is 11.9 Å². The number of Topliss-reactive ketones (excluding diaryl/α,β-unsaturated/α-hetero) is 1. The minimum Gasteiger partial charge on any atom is -0.493 e. The first-order chi connectivity index (χ1) is 14.1. The molecule has 0 N–H and O–H groups in total. The molecule has 3 aromatic rings. The van der Waals surface area contributed by atoms with Crippen LogP contribution in [0.25, 0.3) is 6.08 Å². The number of allylic oxidation sites excluding steroid dienone is 1. The van der Waals surface area contributed by atoms with Crippen molar-refractivity contribution in [3.63, 3.8) is 0 Å². The maximum absolute atomic E-state index is 13.3. The molecule has 29 heavy (non-hydrogen) atoms. The van der Waals surface area contributed by atoms with Gasteiger partial charge in [-0.05, 0) is 48.9 Å². The van der Waals surface area contributed by atoms with Crippen LogP contribution in [0.2, 0.25) is 0 Å². The zero-order valence-corrected chi connectivity index (χ0v) is 15.9. The molecule has 0 spiro atoms. The molecule has 4 rings (SSSR count). The zero-order chi connectivity index (χ0) is 20.2. The van der Waals surface area contributed by atoms with Gasteiger partial charge in [0.15, 0.2) is 5.76 Å². The Kier molecular flexibility index (Phi) is 5.29. The quantitative estimate of drug-likeness (QED) is 0.527. The van der Waals surface area contributed by atoms with E-state index in [0.717, 1.165) is 11.1 Å². The lowest BCUT2D eigenvalue weighted by Gasteiger charge is -2.08. The summed E-state index contributed by atoms with van der Waals surface area (Å²) in [6.45, 7) is 2.65. The molecule has 1 aliphatic rings. The van der Waals surface area contributed by atoms with Crippen LogP contribution in [0.4, 0.5) is 4.39 Å². The molecule has 0 amide bonds. The lowest BCUT2D eigenvalue weighted by molar-refractivity contribution is 0.101. The van der Waals surface area contributed by atoms with Crippen molar-refractivity contribution in [2.45, 2.75) is 13.5 Å². The van der Waals surface area contributed by atoms with Gasteiger partial charge in [-0.3, -0.25) is 4.79 Å². The molecule has 1 heterocycles. The number of ketones is 1. The number of carbonyl (C=O) groups excluding carboxylic acids is 1. The van der Waals surface area contributed by atoms with Gasteiger partial charge in [-0.15, -0.1) is 0 Å². The van der Waals surface area contributed by atoms with E-state index >= 15 is 0 Å². The Hall–Kier alpha value is -3.60. The highest BCUT2D eigenvalue weighted by molar-refractivity contribution is 6.14. The number of fused-ring (bicyclic) bond motifs is 1. The number of para-hydroxylation sites is 1. The van der Waals surface area contributed by atoms with Crippen LogP contribution in [0, 0.1) is 5.82 Å². The molecule has 3 aromatic carbocycles. The normalized spacial score (nSPS) is 13.9. The molecule has 0 aromatic heterocycles. The van der Waals surface area contributed by atoms with E-state index < -0.39 is 0 Å². The Balaban J connectivity index is 1.53. The van der Waals surface area contributed by atoms with Crippen LogP contribution >= 0.6 is 0 Å². The van der Waals surface area contributed by atoms with Gasteiger partial charge in [-0.1, -0.05) is 30.3 Å². The fraction of sp³-hybridized carbons (Fsp3) is 0.125. The largest absolute Gasteiger partial charge is 0.493 e. The maximum Gasteiger partial charge on any atom is 0.231 e. The van der Waals surface area contributed by atoms with Crippen LogP contribution in [0.1, 0.15) is 28.4 Å². The highest BCUT2D eigenvalue weighted by atomic mass is 19.1. The van der Waals surface area contributed by atoms with Crippen molar-refractivity contribution < 1.29 is 23.4 Å². The minimum atomic E-state index is -0.309. The Morgan fingerprint density at radius 1 is 1.00 bits per heavy atom. The second kappa shape index (κ2) is 8.19. The Labute approximate surface area is 168 Å². The molecule has 5 heteroatoms. The number of benzene rings is 3. The summed E-state index contributed by atoms with van der Waals surface area (Å²) in [6, 6.07) is 18.7. The highest BCUT2D eigenvalue weighted by Crippen LogP contribution is 2.36. The molecule has 1 aliphatic heterocycles. The number of carbonyl (C=O) groups is 1. The third kappa shape index (κ3) is 4.14. The van der Waals surface area contributed by atoms with Crippen molar-refractivity contribution in [2.75, 3.05) is 6.61 Å². The fourth-order valence-electron chi connectivity index (χ4n) is 3.08. The molecule has 146 valence electrons. The van der Waals surface area contributed by atoms with Crippen LogP contribution in [-0.2, 0) is 6.61 Å². The molecule has 0 saturated heterocycles. The third-order valence-electron chi connectivity index (χ3n) is 4.44. The van der Waals surface area contributed by atoms with Crippen LogP contribution in [-0.4, -0.2) is 12.4 Å². The monoisotopic (exact) mass is 390 g/mol. The van der Waals surface area contributed by atoms with Gasteiger partial charge in [-0.25, -0.2) is 4.39 Å². The molecular weight excluding hydrogens is 371 g/mol. The van der Waals surface area contributed by atoms with Gasteiger partial charge in [-0.2, -0.15) is 0 Å². The van der Waals surface area contributed by atoms with E-state index in [1.807, 2.05) is 31.2 Å². The lowest BCUT2D eigenvalue weighted by atomic mass is 10.1. The first kappa shape index (κ1) is 18.7.